The molecule has 1 aromatic heterocycles. The first kappa shape index (κ1) is 13.0. The molecule has 0 aliphatic carbocycles. The smallest absolute Gasteiger partial charge is 0.343 e. The average Bonchev–Trinajstić information content (AvgIpc) is 2.37. The summed E-state index contributed by atoms with van der Waals surface area (Å²) in [5.74, 6) is 0.247. The molecule has 0 unspecified atom stereocenters. The standard InChI is InChI=1S/C14H14N2O3/c1-9-6-10(2)8-11(7-9)19-13-12(14(17)18-3)4-5-15-16-13/h4-8H,1-3H3. The predicted octanol–water partition coefficient (Wildman–Crippen LogP) is 2.67. The van der Waals surface area contributed by atoms with Gasteiger partial charge in [-0.05, 0) is 43.2 Å². The molecule has 98 valence electrons. The lowest BCUT2D eigenvalue weighted by Gasteiger charge is -2.09. The first-order valence-corrected chi connectivity index (χ1v) is 5.76. The number of nitrogens with zero attached hydrogens (tertiary/aromatic N) is 2. The quantitative estimate of drug-likeness (QED) is 0.792. The van der Waals surface area contributed by atoms with E-state index in [0.717, 1.165) is 11.1 Å². The highest BCUT2D eigenvalue weighted by molar-refractivity contribution is 5.91. The second kappa shape index (κ2) is 5.48. The van der Waals surface area contributed by atoms with Gasteiger partial charge in [-0.15, -0.1) is 5.10 Å². The summed E-state index contributed by atoms with van der Waals surface area (Å²) in [4.78, 5) is 11.6. The zero-order chi connectivity index (χ0) is 13.8. The van der Waals surface area contributed by atoms with Crippen molar-refractivity contribution >= 4 is 5.97 Å². The van der Waals surface area contributed by atoms with Crippen LogP contribution in [0.15, 0.2) is 30.5 Å². The second-order valence-electron chi connectivity index (χ2n) is 4.17. The Labute approximate surface area is 111 Å². The van der Waals surface area contributed by atoms with Gasteiger partial charge in [0.05, 0.1) is 13.3 Å². The van der Waals surface area contributed by atoms with Gasteiger partial charge in [0.25, 0.3) is 5.88 Å². The van der Waals surface area contributed by atoms with Crippen LogP contribution in [0.25, 0.3) is 0 Å². The molecule has 0 aliphatic heterocycles. The monoisotopic (exact) mass is 258 g/mol. The van der Waals surface area contributed by atoms with Gasteiger partial charge in [0.2, 0.25) is 0 Å². The van der Waals surface area contributed by atoms with E-state index in [0.29, 0.717) is 5.75 Å². The van der Waals surface area contributed by atoms with Crippen molar-refractivity contribution in [3.05, 3.63) is 47.2 Å². The van der Waals surface area contributed by atoms with E-state index in [2.05, 4.69) is 14.9 Å². The molecule has 0 radical (unpaired) electrons. The summed E-state index contributed by atoms with van der Waals surface area (Å²) in [6.07, 6.45) is 1.42. The van der Waals surface area contributed by atoms with Crippen molar-refractivity contribution in [2.24, 2.45) is 0 Å². The number of aromatic nitrogens is 2. The van der Waals surface area contributed by atoms with Crippen molar-refractivity contribution in [3.63, 3.8) is 0 Å². The molecule has 0 fully saturated rings. The van der Waals surface area contributed by atoms with E-state index in [1.807, 2.05) is 32.0 Å². The van der Waals surface area contributed by atoms with Crippen LogP contribution in [0.3, 0.4) is 0 Å². The summed E-state index contributed by atoms with van der Waals surface area (Å²) in [5.41, 5.74) is 2.38. The first-order chi connectivity index (χ1) is 9.10. The third-order valence-electron chi connectivity index (χ3n) is 2.50. The molecule has 0 N–H and O–H groups in total. The van der Waals surface area contributed by atoms with Crippen LogP contribution in [-0.2, 0) is 4.74 Å². The van der Waals surface area contributed by atoms with Crippen molar-refractivity contribution in [2.75, 3.05) is 7.11 Å². The summed E-state index contributed by atoms with van der Waals surface area (Å²) in [6, 6.07) is 7.27. The maximum Gasteiger partial charge on any atom is 0.343 e. The van der Waals surface area contributed by atoms with Gasteiger partial charge in [-0.1, -0.05) is 6.07 Å². The lowest BCUT2D eigenvalue weighted by molar-refractivity contribution is 0.0596. The van der Waals surface area contributed by atoms with E-state index in [-0.39, 0.29) is 11.4 Å². The van der Waals surface area contributed by atoms with E-state index in [4.69, 9.17) is 4.74 Å². The van der Waals surface area contributed by atoms with Crippen molar-refractivity contribution in [3.8, 4) is 11.6 Å². The molecule has 0 aliphatic rings. The van der Waals surface area contributed by atoms with Gasteiger partial charge in [-0.3, -0.25) is 0 Å². The fraction of sp³-hybridized carbons (Fsp3) is 0.214. The largest absolute Gasteiger partial charge is 0.465 e. The van der Waals surface area contributed by atoms with E-state index in [1.54, 1.807) is 0 Å². The second-order valence-corrected chi connectivity index (χ2v) is 4.17. The van der Waals surface area contributed by atoms with E-state index in [1.165, 1.54) is 19.4 Å². The molecule has 0 saturated heterocycles. The van der Waals surface area contributed by atoms with Crippen molar-refractivity contribution < 1.29 is 14.3 Å². The number of carbonyl (C=O) groups is 1. The molecule has 0 bridgehead atoms. The average molecular weight is 258 g/mol. The number of hydrogen-bond acceptors (Lipinski definition) is 5. The maximum atomic E-state index is 11.6. The molecule has 0 amide bonds. The topological polar surface area (TPSA) is 61.3 Å². The molecule has 1 heterocycles. The van der Waals surface area contributed by atoms with Crippen molar-refractivity contribution in [1.29, 1.82) is 0 Å². The van der Waals surface area contributed by atoms with Crippen molar-refractivity contribution in [2.45, 2.75) is 13.8 Å². The van der Waals surface area contributed by atoms with Crippen LogP contribution in [-0.4, -0.2) is 23.3 Å². The number of rotatable bonds is 3. The minimum Gasteiger partial charge on any atom is -0.465 e. The van der Waals surface area contributed by atoms with E-state index < -0.39 is 5.97 Å². The number of ether oxygens (including phenoxy) is 2. The van der Waals surface area contributed by atoms with Crippen molar-refractivity contribution in [1.82, 2.24) is 10.2 Å². The maximum absolute atomic E-state index is 11.6. The Kier molecular flexibility index (Phi) is 3.75. The minimum absolute atomic E-state index is 0.138. The Bertz CT molecular complexity index is 591. The van der Waals surface area contributed by atoms with Gasteiger partial charge >= 0.3 is 5.97 Å². The highest BCUT2D eigenvalue weighted by Gasteiger charge is 2.15. The fourth-order valence-electron chi connectivity index (χ4n) is 1.76. The summed E-state index contributed by atoms with van der Waals surface area (Å²) in [6.45, 7) is 3.94. The molecule has 19 heavy (non-hydrogen) atoms. The molecule has 0 atom stereocenters. The van der Waals surface area contributed by atoms with Gasteiger partial charge in [0.15, 0.2) is 0 Å². The van der Waals surface area contributed by atoms with Crippen LogP contribution < -0.4 is 4.74 Å². The fourth-order valence-corrected chi connectivity index (χ4v) is 1.76. The number of hydrogen-bond donors (Lipinski definition) is 0. The van der Waals surface area contributed by atoms with Gasteiger partial charge in [0.1, 0.15) is 11.3 Å². The van der Waals surface area contributed by atoms with E-state index >= 15 is 0 Å². The van der Waals surface area contributed by atoms with Crippen LogP contribution in [0.2, 0.25) is 0 Å². The lowest BCUT2D eigenvalue weighted by atomic mass is 10.1. The number of carbonyl (C=O) groups excluding carboxylic acids is 1. The molecule has 2 aromatic rings. The van der Waals surface area contributed by atoms with Gasteiger partial charge < -0.3 is 9.47 Å². The molecule has 0 spiro atoms. The Morgan fingerprint density at radius 3 is 2.47 bits per heavy atom. The van der Waals surface area contributed by atoms with Crippen LogP contribution in [0.1, 0.15) is 21.5 Å². The molecule has 2 rings (SSSR count). The van der Waals surface area contributed by atoms with Crippen LogP contribution in [0, 0.1) is 13.8 Å². The normalized spacial score (nSPS) is 10.1. The van der Waals surface area contributed by atoms with Gasteiger partial charge in [-0.2, -0.15) is 5.10 Å². The SMILES string of the molecule is COC(=O)c1ccnnc1Oc1cc(C)cc(C)c1. The van der Waals surface area contributed by atoms with Gasteiger partial charge in [-0.25, -0.2) is 4.79 Å². The summed E-state index contributed by atoms with van der Waals surface area (Å²) < 4.78 is 10.3. The summed E-state index contributed by atoms with van der Waals surface area (Å²) >= 11 is 0. The molecule has 5 heteroatoms. The molecular formula is C14H14N2O3. The third-order valence-corrected chi connectivity index (χ3v) is 2.50. The first-order valence-electron chi connectivity index (χ1n) is 5.76. The zero-order valence-corrected chi connectivity index (χ0v) is 11.0. The molecule has 5 nitrogen and oxygen atoms in total. The predicted molar refractivity (Wildman–Crippen MR) is 69.4 cm³/mol. The molecule has 1 aromatic carbocycles. The third kappa shape index (κ3) is 3.07. The Morgan fingerprint density at radius 2 is 1.84 bits per heavy atom. The summed E-state index contributed by atoms with van der Waals surface area (Å²) in [7, 11) is 1.31. The Hall–Kier alpha value is -2.43. The lowest BCUT2D eigenvalue weighted by Crippen LogP contribution is -2.05. The van der Waals surface area contributed by atoms with Crippen LogP contribution >= 0.6 is 0 Å². The highest BCUT2D eigenvalue weighted by Crippen LogP contribution is 2.24. The number of esters is 1. The molecular weight excluding hydrogens is 244 g/mol. The van der Waals surface area contributed by atoms with E-state index in [9.17, 15) is 4.79 Å². The minimum atomic E-state index is -0.505. The number of methoxy groups -OCH3 is 1. The Balaban J connectivity index is 2.35. The molecule has 0 saturated carbocycles. The zero-order valence-electron chi connectivity index (χ0n) is 11.0. The highest BCUT2D eigenvalue weighted by atomic mass is 16.5. The van der Waals surface area contributed by atoms with Crippen LogP contribution in [0.5, 0.6) is 11.6 Å². The van der Waals surface area contributed by atoms with Gasteiger partial charge in [0, 0.05) is 0 Å². The van der Waals surface area contributed by atoms with Crippen LogP contribution in [0.4, 0.5) is 0 Å². The Morgan fingerprint density at radius 1 is 1.16 bits per heavy atom. The number of aryl methyl sites for hydroxylation is 2. The number of benzene rings is 1. The summed E-state index contributed by atoms with van der Waals surface area (Å²) in [5, 5.41) is 7.55.